The van der Waals surface area contributed by atoms with E-state index >= 15 is 0 Å². The van der Waals surface area contributed by atoms with Crippen molar-refractivity contribution in [2.24, 2.45) is 0 Å². The van der Waals surface area contributed by atoms with E-state index in [-0.39, 0.29) is 0 Å². The molecule has 6 nitrogen and oxygen atoms in total. The van der Waals surface area contributed by atoms with Crippen LogP contribution in [0.25, 0.3) is 22.5 Å². The van der Waals surface area contributed by atoms with Gasteiger partial charge in [0.05, 0.1) is 12.7 Å². The van der Waals surface area contributed by atoms with Crippen molar-refractivity contribution in [1.82, 2.24) is 19.7 Å². The standard InChI is InChI=1S/C27H26N4O2S/c1-32-23-14-7-5-12-21(23)26-29-30-27(31(26)18-17-20-10-3-2-4-11-20)34-19-9-16-25-28-22-13-6-8-15-24(22)33-25/h2-8,10-15H,9,16-19H2,1H3. The molecule has 0 bridgehead atoms. The minimum atomic E-state index is 0.780. The van der Waals surface area contributed by atoms with Crippen LogP contribution in [0.1, 0.15) is 17.9 Å². The quantitative estimate of drug-likeness (QED) is 0.182. The maximum atomic E-state index is 5.85. The second-order valence-electron chi connectivity index (χ2n) is 7.92. The zero-order valence-corrected chi connectivity index (χ0v) is 19.9. The van der Waals surface area contributed by atoms with Gasteiger partial charge in [-0.15, -0.1) is 10.2 Å². The number of methoxy groups -OCH3 is 1. The van der Waals surface area contributed by atoms with E-state index in [2.05, 4.69) is 44.0 Å². The Morgan fingerprint density at radius 3 is 2.53 bits per heavy atom. The zero-order valence-electron chi connectivity index (χ0n) is 19.1. The molecule has 0 saturated heterocycles. The molecule has 0 unspecified atom stereocenters. The van der Waals surface area contributed by atoms with E-state index in [4.69, 9.17) is 9.15 Å². The number of fused-ring (bicyclic) bond motifs is 1. The summed E-state index contributed by atoms with van der Waals surface area (Å²) in [5.41, 5.74) is 3.98. The highest BCUT2D eigenvalue weighted by molar-refractivity contribution is 7.99. The molecule has 0 spiro atoms. The van der Waals surface area contributed by atoms with Gasteiger partial charge < -0.3 is 13.7 Å². The molecular weight excluding hydrogens is 444 g/mol. The molecule has 0 fully saturated rings. The molecule has 0 aliphatic carbocycles. The van der Waals surface area contributed by atoms with Crippen molar-refractivity contribution in [1.29, 1.82) is 0 Å². The second kappa shape index (κ2) is 10.6. The van der Waals surface area contributed by atoms with Gasteiger partial charge in [0.25, 0.3) is 0 Å². The third-order valence-corrected chi connectivity index (χ3v) is 6.69. The third-order valence-electron chi connectivity index (χ3n) is 5.64. The van der Waals surface area contributed by atoms with Gasteiger partial charge in [-0.25, -0.2) is 4.98 Å². The largest absolute Gasteiger partial charge is 0.496 e. The van der Waals surface area contributed by atoms with Crippen LogP contribution in [-0.4, -0.2) is 32.6 Å². The van der Waals surface area contributed by atoms with Crippen molar-refractivity contribution in [2.75, 3.05) is 12.9 Å². The molecule has 7 heteroatoms. The maximum absolute atomic E-state index is 5.85. The monoisotopic (exact) mass is 470 g/mol. The summed E-state index contributed by atoms with van der Waals surface area (Å²) in [5, 5.41) is 10.0. The Bertz CT molecular complexity index is 1330. The minimum absolute atomic E-state index is 0.780. The van der Waals surface area contributed by atoms with Gasteiger partial charge in [-0.2, -0.15) is 0 Å². The van der Waals surface area contributed by atoms with Crippen LogP contribution in [0, 0.1) is 0 Å². The molecule has 0 radical (unpaired) electrons. The lowest BCUT2D eigenvalue weighted by Gasteiger charge is -2.12. The topological polar surface area (TPSA) is 66.0 Å². The fourth-order valence-electron chi connectivity index (χ4n) is 3.92. The third kappa shape index (κ3) is 4.99. The number of rotatable bonds is 10. The van der Waals surface area contributed by atoms with Crippen molar-refractivity contribution in [3.05, 3.63) is 90.3 Å². The number of ether oxygens (including phenoxy) is 1. The summed E-state index contributed by atoms with van der Waals surface area (Å²) in [7, 11) is 1.69. The van der Waals surface area contributed by atoms with E-state index in [1.807, 2.05) is 54.6 Å². The minimum Gasteiger partial charge on any atom is -0.496 e. The molecule has 0 saturated carbocycles. The number of aryl methyl sites for hydroxylation is 2. The Labute approximate surface area is 203 Å². The summed E-state index contributed by atoms with van der Waals surface area (Å²) in [6.07, 6.45) is 2.63. The number of benzene rings is 3. The fraction of sp³-hybridized carbons (Fsp3) is 0.222. The fourth-order valence-corrected chi connectivity index (χ4v) is 4.83. The molecule has 0 amide bonds. The van der Waals surface area contributed by atoms with Crippen LogP contribution in [-0.2, 0) is 19.4 Å². The molecule has 2 heterocycles. The number of thioether (sulfide) groups is 1. The van der Waals surface area contributed by atoms with Gasteiger partial charge in [-0.3, -0.25) is 0 Å². The van der Waals surface area contributed by atoms with Crippen LogP contribution in [0.2, 0.25) is 0 Å². The molecule has 34 heavy (non-hydrogen) atoms. The van der Waals surface area contributed by atoms with Crippen molar-refractivity contribution in [3.63, 3.8) is 0 Å². The molecule has 172 valence electrons. The zero-order chi connectivity index (χ0) is 23.2. The predicted octanol–water partition coefficient (Wildman–Crippen LogP) is 6.06. The smallest absolute Gasteiger partial charge is 0.195 e. The lowest BCUT2D eigenvalue weighted by Crippen LogP contribution is -2.06. The van der Waals surface area contributed by atoms with E-state index in [0.29, 0.717) is 0 Å². The number of oxazole rings is 1. The normalized spacial score (nSPS) is 11.2. The summed E-state index contributed by atoms with van der Waals surface area (Å²) in [4.78, 5) is 4.58. The Hall–Kier alpha value is -3.58. The van der Waals surface area contributed by atoms with Crippen LogP contribution in [0.4, 0.5) is 0 Å². The van der Waals surface area contributed by atoms with E-state index < -0.39 is 0 Å². The molecule has 5 rings (SSSR count). The summed E-state index contributed by atoms with van der Waals surface area (Å²) in [6, 6.07) is 26.3. The number of para-hydroxylation sites is 3. The predicted molar refractivity (Wildman–Crippen MR) is 135 cm³/mol. The molecule has 3 aromatic carbocycles. The van der Waals surface area contributed by atoms with Crippen LogP contribution >= 0.6 is 11.8 Å². The second-order valence-corrected chi connectivity index (χ2v) is 8.98. The molecule has 2 aromatic heterocycles. The van der Waals surface area contributed by atoms with Crippen molar-refractivity contribution >= 4 is 22.9 Å². The molecule has 5 aromatic rings. The number of hydrogen-bond donors (Lipinski definition) is 0. The first-order chi connectivity index (χ1) is 16.8. The van der Waals surface area contributed by atoms with Crippen LogP contribution in [0.5, 0.6) is 5.75 Å². The Balaban J connectivity index is 1.31. The van der Waals surface area contributed by atoms with Gasteiger partial charge in [0, 0.05) is 18.7 Å². The number of aromatic nitrogens is 4. The first-order valence-electron chi connectivity index (χ1n) is 11.4. The Kier molecular flexibility index (Phi) is 6.91. The number of hydrogen-bond acceptors (Lipinski definition) is 6. The molecule has 0 N–H and O–H groups in total. The average Bonchev–Trinajstić information content (AvgIpc) is 3.49. The van der Waals surface area contributed by atoms with Gasteiger partial charge in [0.15, 0.2) is 22.5 Å². The van der Waals surface area contributed by atoms with Crippen molar-refractivity contribution < 1.29 is 9.15 Å². The molecule has 0 aliphatic rings. The maximum Gasteiger partial charge on any atom is 0.195 e. The van der Waals surface area contributed by atoms with E-state index in [1.165, 1.54) is 5.56 Å². The van der Waals surface area contributed by atoms with Crippen LogP contribution in [0.15, 0.2) is 88.4 Å². The van der Waals surface area contributed by atoms with Gasteiger partial charge in [0.2, 0.25) is 0 Å². The van der Waals surface area contributed by atoms with Crippen LogP contribution < -0.4 is 4.74 Å². The average molecular weight is 471 g/mol. The highest BCUT2D eigenvalue weighted by atomic mass is 32.2. The highest BCUT2D eigenvalue weighted by Gasteiger charge is 2.17. The van der Waals surface area contributed by atoms with Gasteiger partial charge in [-0.05, 0) is 42.7 Å². The van der Waals surface area contributed by atoms with E-state index in [9.17, 15) is 0 Å². The summed E-state index contributed by atoms with van der Waals surface area (Å²) < 4.78 is 13.6. The van der Waals surface area contributed by atoms with Gasteiger partial charge in [-0.1, -0.05) is 66.4 Å². The first kappa shape index (κ1) is 22.2. The van der Waals surface area contributed by atoms with Crippen molar-refractivity contribution in [3.8, 4) is 17.1 Å². The van der Waals surface area contributed by atoms with Gasteiger partial charge >= 0.3 is 0 Å². The Morgan fingerprint density at radius 2 is 1.68 bits per heavy atom. The molecule has 0 atom stereocenters. The summed E-state index contributed by atoms with van der Waals surface area (Å²) in [5.74, 6) is 3.30. The molecule has 0 aliphatic heterocycles. The first-order valence-corrected chi connectivity index (χ1v) is 12.4. The van der Waals surface area contributed by atoms with Crippen molar-refractivity contribution in [2.45, 2.75) is 31.0 Å². The summed E-state index contributed by atoms with van der Waals surface area (Å²) in [6.45, 7) is 0.790. The van der Waals surface area contributed by atoms with E-state index in [0.717, 1.165) is 70.8 Å². The number of nitrogens with zero attached hydrogens (tertiary/aromatic N) is 4. The highest BCUT2D eigenvalue weighted by Crippen LogP contribution is 2.31. The van der Waals surface area contributed by atoms with E-state index in [1.54, 1.807) is 18.9 Å². The van der Waals surface area contributed by atoms with Gasteiger partial charge in [0.1, 0.15) is 11.3 Å². The van der Waals surface area contributed by atoms with Crippen LogP contribution in [0.3, 0.4) is 0 Å². The summed E-state index contributed by atoms with van der Waals surface area (Å²) >= 11 is 1.72. The lowest BCUT2D eigenvalue weighted by atomic mass is 10.1. The molecular formula is C27H26N4O2S. The SMILES string of the molecule is COc1ccccc1-c1nnc(SCCCc2nc3ccccc3o2)n1CCc1ccccc1. The lowest BCUT2D eigenvalue weighted by molar-refractivity contribution is 0.415. The Morgan fingerprint density at radius 1 is 0.882 bits per heavy atom.